The van der Waals surface area contributed by atoms with Crippen molar-refractivity contribution in [2.75, 3.05) is 26.2 Å². The summed E-state index contributed by atoms with van der Waals surface area (Å²) in [6.45, 7) is 0.671. The molecular formula is C9H16F3N3O. The normalized spacial score (nSPS) is 24.6. The van der Waals surface area contributed by atoms with Gasteiger partial charge in [0.1, 0.15) is 11.8 Å². The first-order valence-electron chi connectivity index (χ1n) is 5.08. The van der Waals surface area contributed by atoms with Crippen LogP contribution < -0.4 is 5.73 Å². The predicted molar refractivity (Wildman–Crippen MR) is 53.1 cm³/mol. The van der Waals surface area contributed by atoms with E-state index >= 15 is 0 Å². The third kappa shape index (κ3) is 3.34. The van der Waals surface area contributed by atoms with E-state index in [1.54, 1.807) is 4.90 Å². The summed E-state index contributed by atoms with van der Waals surface area (Å²) in [5.41, 5.74) is 4.96. The highest BCUT2D eigenvalue weighted by molar-refractivity contribution is 5.80. The van der Waals surface area contributed by atoms with Gasteiger partial charge < -0.3 is 15.7 Å². The molecule has 4 N–H and O–H groups in total. The van der Waals surface area contributed by atoms with E-state index in [0.29, 0.717) is 19.5 Å². The highest BCUT2D eigenvalue weighted by atomic mass is 19.4. The van der Waals surface area contributed by atoms with Crippen LogP contribution in [0.4, 0.5) is 13.2 Å². The fourth-order valence-electron chi connectivity index (χ4n) is 1.86. The minimum atomic E-state index is -4.47. The second kappa shape index (κ2) is 5.01. The number of aliphatic hydroxyl groups is 1. The average molecular weight is 239 g/mol. The van der Waals surface area contributed by atoms with Crippen LogP contribution in [0.2, 0.25) is 0 Å². The summed E-state index contributed by atoms with van der Waals surface area (Å²) in [6, 6.07) is 0. The van der Waals surface area contributed by atoms with Crippen LogP contribution >= 0.6 is 0 Å². The van der Waals surface area contributed by atoms with Gasteiger partial charge >= 0.3 is 6.18 Å². The first kappa shape index (κ1) is 13.2. The summed E-state index contributed by atoms with van der Waals surface area (Å²) in [5, 5.41) is 15.8. The molecule has 94 valence electrons. The van der Waals surface area contributed by atoms with Gasteiger partial charge in [-0.15, -0.1) is 0 Å². The number of nitrogens with one attached hydrogen (secondary N) is 1. The third-order valence-corrected chi connectivity index (χ3v) is 2.84. The lowest BCUT2D eigenvalue weighted by atomic mass is 10.1. The molecule has 2 atom stereocenters. The van der Waals surface area contributed by atoms with Crippen molar-refractivity contribution in [2.24, 2.45) is 17.6 Å². The number of nitrogens with zero attached hydrogens (tertiary/aromatic N) is 1. The zero-order valence-electron chi connectivity index (χ0n) is 8.80. The Balaban J connectivity index is 2.54. The van der Waals surface area contributed by atoms with Crippen molar-refractivity contribution in [1.82, 2.24) is 4.90 Å². The van der Waals surface area contributed by atoms with E-state index < -0.39 is 17.9 Å². The zero-order valence-corrected chi connectivity index (χ0v) is 8.80. The average Bonchev–Trinajstić information content (AvgIpc) is 2.59. The monoisotopic (exact) mass is 239 g/mol. The number of nitrogens with two attached hydrogens (primary N) is 1. The summed E-state index contributed by atoms with van der Waals surface area (Å²) in [5.74, 6) is -2.70. The lowest BCUT2D eigenvalue weighted by molar-refractivity contribution is -0.159. The number of halogens is 3. The van der Waals surface area contributed by atoms with E-state index in [1.165, 1.54) is 0 Å². The summed E-state index contributed by atoms with van der Waals surface area (Å²) < 4.78 is 37.5. The van der Waals surface area contributed by atoms with Crippen LogP contribution in [0.3, 0.4) is 0 Å². The first-order valence-corrected chi connectivity index (χ1v) is 5.08. The molecule has 1 heterocycles. The molecule has 0 aromatic heterocycles. The van der Waals surface area contributed by atoms with Gasteiger partial charge in [-0.25, -0.2) is 0 Å². The Hall–Kier alpha value is -0.820. The summed E-state index contributed by atoms with van der Waals surface area (Å²) in [4.78, 5) is 1.60. The summed E-state index contributed by atoms with van der Waals surface area (Å²) in [7, 11) is 0. The number of amidine groups is 1. The van der Waals surface area contributed by atoms with E-state index in [4.69, 9.17) is 16.2 Å². The Bertz CT molecular complexity index is 257. The fourth-order valence-corrected chi connectivity index (χ4v) is 1.86. The third-order valence-electron chi connectivity index (χ3n) is 2.84. The molecule has 1 fully saturated rings. The number of rotatable bonds is 4. The van der Waals surface area contributed by atoms with Crippen LogP contribution in [0.5, 0.6) is 0 Å². The lowest BCUT2D eigenvalue weighted by Crippen LogP contribution is -2.43. The van der Waals surface area contributed by atoms with Crippen LogP contribution in [0.1, 0.15) is 6.42 Å². The number of likely N-dealkylation sites (tertiary alicyclic amines) is 1. The second-order valence-corrected chi connectivity index (χ2v) is 4.15. The van der Waals surface area contributed by atoms with Crippen molar-refractivity contribution in [3.8, 4) is 0 Å². The number of alkyl halides is 3. The Morgan fingerprint density at radius 3 is 2.56 bits per heavy atom. The van der Waals surface area contributed by atoms with Gasteiger partial charge in [-0.1, -0.05) is 0 Å². The quantitative estimate of drug-likeness (QED) is 0.491. The van der Waals surface area contributed by atoms with Crippen molar-refractivity contribution >= 4 is 5.84 Å². The lowest BCUT2D eigenvalue weighted by Gasteiger charge is -2.24. The molecule has 0 aromatic carbocycles. The Morgan fingerprint density at radius 2 is 2.19 bits per heavy atom. The minimum absolute atomic E-state index is 0.00669. The highest BCUT2D eigenvalue weighted by Gasteiger charge is 2.43. The van der Waals surface area contributed by atoms with E-state index in [0.717, 1.165) is 0 Å². The zero-order chi connectivity index (χ0) is 12.3. The second-order valence-electron chi connectivity index (χ2n) is 4.15. The van der Waals surface area contributed by atoms with Gasteiger partial charge in [0.25, 0.3) is 0 Å². The van der Waals surface area contributed by atoms with E-state index in [9.17, 15) is 13.2 Å². The number of aliphatic hydroxyl groups excluding tert-OH is 1. The van der Waals surface area contributed by atoms with Crippen LogP contribution in [-0.2, 0) is 0 Å². The van der Waals surface area contributed by atoms with Gasteiger partial charge in [0, 0.05) is 19.7 Å². The molecule has 0 bridgehead atoms. The molecule has 0 saturated carbocycles. The maximum Gasteiger partial charge on any atom is 0.399 e. The summed E-state index contributed by atoms with van der Waals surface area (Å²) >= 11 is 0. The van der Waals surface area contributed by atoms with Crippen molar-refractivity contribution in [3.63, 3.8) is 0 Å². The van der Waals surface area contributed by atoms with Gasteiger partial charge in [0.15, 0.2) is 0 Å². The van der Waals surface area contributed by atoms with E-state index in [1.807, 2.05) is 0 Å². The van der Waals surface area contributed by atoms with Crippen molar-refractivity contribution in [1.29, 1.82) is 5.41 Å². The molecular weight excluding hydrogens is 223 g/mol. The number of hydrogen-bond acceptors (Lipinski definition) is 3. The standard InChI is InChI=1S/C9H16F3N3O/c10-9(11,12)7(8(13)14)4-15-2-1-6(3-15)5-16/h6-7,16H,1-5H2,(H3,13,14). The van der Waals surface area contributed by atoms with Crippen LogP contribution in [0.15, 0.2) is 0 Å². The van der Waals surface area contributed by atoms with Gasteiger partial charge in [-0.05, 0) is 18.9 Å². The summed E-state index contributed by atoms with van der Waals surface area (Å²) in [6.07, 6.45) is -3.78. The molecule has 1 rings (SSSR count). The maximum atomic E-state index is 12.5. The molecule has 0 spiro atoms. The fraction of sp³-hybridized carbons (Fsp3) is 0.889. The Kier molecular flexibility index (Phi) is 4.15. The smallest absolute Gasteiger partial charge is 0.396 e. The van der Waals surface area contributed by atoms with E-state index in [-0.39, 0.29) is 19.1 Å². The molecule has 0 aromatic rings. The Labute approximate surface area is 91.7 Å². The van der Waals surface area contributed by atoms with Gasteiger partial charge in [-0.2, -0.15) is 13.2 Å². The molecule has 0 amide bonds. The molecule has 1 aliphatic rings. The minimum Gasteiger partial charge on any atom is -0.396 e. The van der Waals surface area contributed by atoms with Crippen molar-refractivity contribution < 1.29 is 18.3 Å². The molecule has 1 aliphatic heterocycles. The van der Waals surface area contributed by atoms with Crippen LogP contribution in [-0.4, -0.2) is 48.3 Å². The topological polar surface area (TPSA) is 73.3 Å². The first-order chi connectivity index (χ1) is 7.34. The van der Waals surface area contributed by atoms with Gasteiger partial charge in [0.05, 0.1) is 0 Å². The van der Waals surface area contributed by atoms with Gasteiger partial charge in [0.2, 0.25) is 0 Å². The molecule has 0 radical (unpaired) electrons. The molecule has 1 saturated heterocycles. The highest BCUT2D eigenvalue weighted by Crippen LogP contribution is 2.28. The van der Waals surface area contributed by atoms with Gasteiger partial charge in [-0.3, -0.25) is 5.41 Å². The van der Waals surface area contributed by atoms with Crippen molar-refractivity contribution in [2.45, 2.75) is 12.6 Å². The van der Waals surface area contributed by atoms with Crippen molar-refractivity contribution in [3.05, 3.63) is 0 Å². The van der Waals surface area contributed by atoms with Crippen LogP contribution in [0, 0.1) is 17.2 Å². The molecule has 7 heteroatoms. The SMILES string of the molecule is N=C(N)C(CN1CCC(CO)C1)C(F)(F)F. The molecule has 16 heavy (non-hydrogen) atoms. The number of hydrogen-bond donors (Lipinski definition) is 3. The molecule has 4 nitrogen and oxygen atoms in total. The predicted octanol–water partition coefficient (Wildman–Crippen LogP) is 0.415. The largest absolute Gasteiger partial charge is 0.399 e. The maximum absolute atomic E-state index is 12.5. The Morgan fingerprint density at radius 1 is 1.56 bits per heavy atom. The van der Waals surface area contributed by atoms with E-state index in [2.05, 4.69) is 0 Å². The molecule has 2 unspecified atom stereocenters. The molecule has 0 aliphatic carbocycles. The van der Waals surface area contributed by atoms with Crippen LogP contribution in [0.25, 0.3) is 0 Å².